The standard InChI is InChI=1S/C13H3Cl6FO2/c14-5-1-4(6(20)2-3(5)13(21)22)7-8(15)10(17)12(19)11(18)9(7)16/h1-2H,(H,21,22). The molecule has 0 bridgehead atoms. The average Bonchev–Trinajstić information content (AvgIpc) is 2.46. The van der Waals surface area contributed by atoms with E-state index in [0.29, 0.717) is 0 Å². The summed E-state index contributed by atoms with van der Waals surface area (Å²) in [4.78, 5) is 10.9. The summed E-state index contributed by atoms with van der Waals surface area (Å²) in [5.41, 5.74) is -0.578. The number of hydrogen-bond donors (Lipinski definition) is 1. The molecule has 0 unspecified atom stereocenters. The molecule has 0 radical (unpaired) electrons. The van der Waals surface area contributed by atoms with Crippen molar-refractivity contribution in [1.29, 1.82) is 0 Å². The molecule has 0 saturated heterocycles. The van der Waals surface area contributed by atoms with E-state index in [1.54, 1.807) is 0 Å². The van der Waals surface area contributed by atoms with Crippen molar-refractivity contribution in [3.05, 3.63) is 53.6 Å². The van der Waals surface area contributed by atoms with Crippen molar-refractivity contribution in [1.82, 2.24) is 0 Å². The van der Waals surface area contributed by atoms with Crippen molar-refractivity contribution in [2.75, 3.05) is 0 Å². The average molecular weight is 423 g/mol. The molecular weight excluding hydrogens is 420 g/mol. The third-order valence-corrected chi connectivity index (χ3v) is 5.36. The molecule has 116 valence electrons. The minimum Gasteiger partial charge on any atom is -0.478 e. The van der Waals surface area contributed by atoms with Crippen LogP contribution in [0.1, 0.15) is 10.4 Å². The minimum atomic E-state index is -1.38. The number of carboxylic acid groups (broad SMARTS) is 1. The first-order chi connectivity index (χ1) is 10.2. The zero-order valence-corrected chi connectivity index (χ0v) is 14.7. The van der Waals surface area contributed by atoms with Gasteiger partial charge in [-0.05, 0) is 12.1 Å². The molecule has 0 aliphatic rings. The molecular formula is C13H3Cl6FO2. The van der Waals surface area contributed by atoms with E-state index in [1.807, 2.05) is 0 Å². The van der Waals surface area contributed by atoms with Crippen molar-refractivity contribution in [2.24, 2.45) is 0 Å². The maximum absolute atomic E-state index is 14.2. The van der Waals surface area contributed by atoms with Crippen LogP contribution in [-0.2, 0) is 0 Å². The van der Waals surface area contributed by atoms with Gasteiger partial charge in [-0.2, -0.15) is 0 Å². The van der Waals surface area contributed by atoms with E-state index in [4.69, 9.17) is 74.7 Å². The number of halogens is 7. The maximum atomic E-state index is 14.2. The summed E-state index contributed by atoms with van der Waals surface area (Å²) in [6.45, 7) is 0. The van der Waals surface area contributed by atoms with Crippen LogP contribution in [0.25, 0.3) is 11.1 Å². The highest BCUT2D eigenvalue weighted by Gasteiger charge is 2.24. The Bertz CT molecular complexity index is 777. The first-order valence-electron chi connectivity index (χ1n) is 5.41. The van der Waals surface area contributed by atoms with E-state index in [9.17, 15) is 9.18 Å². The van der Waals surface area contributed by atoms with Crippen molar-refractivity contribution in [2.45, 2.75) is 0 Å². The quantitative estimate of drug-likeness (QED) is 0.413. The van der Waals surface area contributed by atoms with Gasteiger partial charge in [-0.15, -0.1) is 0 Å². The summed E-state index contributed by atoms with van der Waals surface area (Å²) in [6, 6.07) is 1.83. The molecule has 2 aromatic rings. The molecule has 0 fully saturated rings. The van der Waals surface area contributed by atoms with E-state index in [1.165, 1.54) is 0 Å². The Morgan fingerprint density at radius 3 is 1.77 bits per heavy atom. The highest BCUT2D eigenvalue weighted by atomic mass is 35.5. The molecule has 2 aromatic carbocycles. The van der Waals surface area contributed by atoms with Gasteiger partial charge in [0.15, 0.2) is 0 Å². The highest BCUT2D eigenvalue weighted by molar-refractivity contribution is 6.56. The summed E-state index contributed by atoms with van der Waals surface area (Å²) in [5.74, 6) is -2.28. The second-order valence-corrected chi connectivity index (χ2v) is 6.36. The van der Waals surface area contributed by atoms with Crippen molar-refractivity contribution in [3.8, 4) is 11.1 Å². The van der Waals surface area contributed by atoms with E-state index >= 15 is 0 Å². The molecule has 0 atom stereocenters. The van der Waals surface area contributed by atoms with Crippen LogP contribution in [0.4, 0.5) is 4.39 Å². The SMILES string of the molecule is O=C(O)c1cc(F)c(-c2c(Cl)c(Cl)c(Cl)c(Cl)c2Cl)cc1Cl. The van der Waals surface area contributed by atoms with E-state index < -0.39 is 17.3 Å². The van der Waals surface area contributed by atoms with Crippen molar-refractivity contribution < 1.29 is 14.3 Å². The number of carbonyl (C=O) groups is 1. The van der Waals surface area contributed by atoms with Gasteiger partial charge in [-0.1, -0.05) is 69.6 Å². The lowest BCUT2D eigenvalue weighted by molar-refractivity contribution is 0.0696. The third kappa shape index (κ3) is 2.99. The molecule has 0 aliphatic carbocycles. The van der Waals surface area contributed by atoms with Crippen LogP contribution >= 0.6 is 69.6 Å². The summed E-state index contributed by atoms with van der Waals surface area (Å²) in [5, 5.41) is 8.19. The Morgan fingerprint density at radius 1 is 0.864 bits per heavy atom. The zero-order chi connectivity index (χ0) is 16.8. The van der Waals surface area contributed by atoms with Gasteiger partial charge in [-0.3, -0.25) is 0 Å². The Kier molecular flexibility index (Phi) is 5.38. The summed E-state index contributed by atoms with van der Waals surface area (Å²) >= 11 is 35.6. The molecule has 0 aliphatic heterocycles. The molecule has 0 aromatic heterocycles. The van der Waals surface area contributed by atoms with E-state index in [0.717, 1.165) is 12.1 Å². The second kappa shape index (κ2) is 6.60. The van der Waals surface area contributed by atoms with Gasteiger partial charge in [0.05, 0.1) is 35.7 Å². The normalized spacial score (nSPS) is 10.9. The van der Waals surface area contributed by atoms with Gasteiger partial charge in [0.2, 0.25) is 0 Å². The predicted octanol–water partition coefficient (Wildman–Crippen LogP) is 7.11. The summed E-state index contributed by atoms with van der Waals surface area (Å²) < 4.78 is 14.2. The van der Waals surface area contributed by atoms with Crippen molar-refractivity contribution >= 4 is 75.6 Å². The lowest BCUT2D eigenvalue weighted by Crippen LogP contribution is -2.00. The van der Waals surface area contributed by atoms with Gasteiger partial charge in [-0.25, -0.2) is 9.18 Å². The molecule has 9 heteroatoms. The molecule has 22 heavy (non-hydrogen) atoms. The van der Waals surface area contributed by atoms with Gasteiger partial charge in [0, 0.05) is 11.1 Å². The zero-order valence-electron chi connectivity index (χ0n) is 10.2. The molecule has 2 nitrogen and oxygen atoms in total. The van der Waals surface area contributed by atoms with Gasteiger partial charge < -0.3 is 5.11 Å². The molecule has 0 saturated carbocycles. The first kappa shape index (κ1) is 17.9. The van der Waals surface area contributed by atoms with Crippen LogP contribution < -0.4 is 0 Å². The number of aromatic carboxylic acids is 1. The van der Waals surface area contributed by atoms with Gasteiger partial charge >= 0.3 is 5.97 Å². The van der Waals surface area contributed by atoms with Crippen LogP contribution in [0.2, 0.25) is 30.1 Å². The van der Waals surface area contributed by atoms with Crippen LogP contribution in [0.15, 0.2) is 12.1 Å². The number of carboxylic acids is 1. The van der Waals surface area contributed by atoms with Crippen LogP contribution in [0.3, 0.4) is 0 Å². The second-order valence-electron chi connectivity index (χ2n) is 4.06. The summed E-state index contributed by atoms with van der Waals surface area (Å²) in [6.07, 6.45) is 0. The number of benzene rings is 2. The number of hydrogen-bond acceptors (Lipinski definition) is 1. The van der Waals surface area contributed by atoms with Crippen LogP contribution in [-0.4, -0.2) is 11.1 Å². The third-order valence-electron chi connectivity index (χ3n) is 2.77. The fourth-order valence-corrected chi connectivity index (χ4v) is 3.33. The number of rotatable bonds is 2. The smallest absolute Gasteiger partial charge is 0.337 e. The fourth-order valence-electron chi connectivity index (χ4n) is 1.74. The highest BCUT2D eigenvalue weighted by Crippen LogP contribution is 2.49. The Labute approximate surface area is 154 Å². The maximum Gasteiger partial charge on any atom is 0.337 e. The van der Waals surface area contributed by atoms with E-state index in [2.05, 4.69) is 0 Å². The van der Waals surface area contributed by atoms with Crippen LogP contribution in [0, 0.1) is 5.82 Å². The van der Waals surface area contributed by atoms with Crippen LogP contribution in [0.5, 0.6) is 0 Å². The largest absolute Gasteiger partial charge is 0.478 e. The topological polar surface area (TPSA) is 37.3 Å². The van der Waals surface area contributed by atoms with Crippen molar-refractivity contribution in [3.63, 3.8) is 0 Å². The monoisotopic (exact) mass is 420 g/mol. The molecule has 0 heterocycles. The first-order valence-corrected chi connectivity index (χ1v) is 7.67. The lowest BCUT2D eigenvalue weighted by atomic mass is 10.0. The molecule has 0 spiro atoms. The van der Waals surface area contributed by atoms with E-state index in [-0.39, 0.29) is 41.3 Å². The predicted molar refractivity (Wildman–Crippen MR) is 88.9 cm³/mol. The Hall–Kier alpha value is -0.420. The molecule has 2 rings (SSSR count). The summed E-state index contributed by atoms with van der Waals surface area (Å²) in [7, 11) is 0. The lowest BCUT2D eigenvalue weighted by Gasteiger charge is -2.14. The molecule has 1 N–H and O–H groups in total. The molecule has 0 amide bonds. The Morgan fingerprint density at radius 2 is 1.32 bits per heavy atom. The Balaban J connectivity index is 2.84. The fraction of sp³-hybridized carbons (Fsp3) is 0. The minimum absolute atomic E-state index is 0.0286. The van der Waals surface area contributed by atoms with Gasteiger partial charge in [0.25, 0.3) is 0 Å². The van der Waals surface area contributed by atoms with Gasteiger partial charge in [0.1, 0.15) is 5.82 Å².